The SMILES string of the molecule is O=[N+]([O-])c1cc(F)ccc1OCCOCCO. The van der Waals surface area contributed by atoms with E-state index < -0.39 is 16.4 Å². The molecule has 0 saturated carbocycles. The molecule has 0 saturated heterocycles. The maximum Gasteiger partial charge on any atom is 0.313 e. The lowest BCUT2D eigenvalue weighted by molar-refractivity contribution is -0.386. The number of benzene rings is 1. The normalized spacial score (nSPS) is 10.2. The summed E-state index contributed by atoms with van der Waals surface area (Å²) in [7, 11) is 0. The van der Waals surface area contributed by atoms with E-state index >= 15 is 0 Å². The van der Waals surface area contributed by atoms with Crippen molar-refractivity contribution in [3.8, 4) is 5.75 Å². The number of halogens is 1. The summed E-state index contributed by atoms with van der Waals surface area (Å²) in [4.78, 5) is 9.89. The lowest BCUT2D eigenvalue weighted by Gasteiger charge is -2.06. The Morgan fingerprint density at radius 3 is 2.76 bits per heavy atom. The van der Waals surface area contributed by atoms with Crippen LogP contribution >= 0.6 is 0 Å². The summed E-state index contributed by atoms with van der Waals surface area (Å²) < 4.78 is 22.8. The molecule has 0 atom stereocenters. The van der Waals surface area contributed by atoms with Crippen LogP contribution in [0.2, 0.25) is 0 Å². The van der Waals surface area contributed by atoms with Gasteiger partial charge in [0, 0.05) is 0 Å². The Morgan fingerprint density at radius 2 is 2.12 bits per heavy atom. The van der Waals surface area contributed by atoms with Gasteiger partial charge in [0.05, 0.1) is 30.8 Å². The number of hydrogen-bond acceptors (Lipinski definition) is 5. The smallest absolute Gasteiger partial charge is 0.313 e. The molecule has 0 bridgehead atoms. The predicted octanol–water partition coefficient (Wildman–Crippen LogP) is 1.12. The van der Waals surface area contributed by atoms with E-state index in [0.717, 1.165) is 12.1 Å². The zero-order valence-corrected chi connectivity index (χ0v) is 8.97. The highest BCUT2D eigenvalue weighted by molar-refractivity contribution is 5.46. The van der Waals surface area contributed by atoms with Crippen molar-refractivity contribution in [3.05, 3.63) is 34.1 Å². The molecule has 0 unspecified atom stereocenters. The Kier molecular flexibility index (Phi) is 5.31. The van der Waals surface area contributed by atoms with Crippen LogP contribution in [0.5, 0.6) is 5.75 Å². The quantitative estimate of drug-likeness (QED) is 0.442. The van der Waals surface area contributed by atoms with Crippen molar-refractivity contribution in [1.29, 1.82) is 0 Å². The number of aliphatic hydroxyl groups excluding tert-OH is 1. The van der Waals surface area contributed by atoms with Crippen molar-refractivity contribution in [2.45, 2.75) is 0 Å². The van der Waals surface area contributed by atoms with Gasteiger partial charge in [0.15, 0.2) is 5.75 Å². The number of aliphatic hydroxyl groups is 1. The van der Waals surface area contributed by atoms with Crippen LogP contribution in [-0.2, 0) is 4.74 Å². The summed E-state index contributed by atoms with van der Waals surface area (Å²) in [6.07, 6.45) is 0. The molecule has 17 heavy (non-hydrogen) atoms. The van der Waals surface area contributed by atoms with Crippen LogP contribution in [0.15, 0.2) is 18.2 Å². The van der Waals surface area contributed by atoms with Crippen molar-refractivity contribution >= 4 is 5.69 Å². The molecule has 0 aliphatic carbocycles. The van der Waals surface area contributed by atoms with Crippen molar-refractivity contribution in [1.82, 2.24) is 0 Å². The molecule has 1 aromatic rings. The summed E-state index contributed by atoms with van der Waals surface area (Å²) in [6, 6.07) is 3.07. The van der Waals surface area contributed by atoms with Crippen molar-refractivity contribution < 1.29 is 23.9 Å². The van der Waals surface area contributed by atoms with Gasteiger partial charge >= 0.3 is 5.69 Å². The number of nitro groups is 1. The molecule has 0 fully saturated rings. The second-order valence-corrected chi connectivity index (χ2v) is 3.05. The van der Waals surface area contributed by atoms with Crippen LogP contribution in [0.3, 0.4) is 0 Å². The Morgan fingerprint density at radius 1 is 1.35 bits per heavy atom. The van der Waals surface area contributed by atoms with E-state index in [0.29, 0.717) is 0 Å². The minimum atomic E-state index is -0.715. The molecule has 0 amide bonds. The second kappa shape index (κ2) is 6.77. The maximum absolute atomic E-state index is 12.8. The van der Waals surface area contributed by atoms with E-state index in [-0.39, 0.29) is 32.2 Å². The van der Waals surface area contributed by atoms with E-state index in [2.05, 4.69) is 0 Å². The third kappa shape index (κ3) is 4.33. The van der Waals surface area contributed by atoms with E-state index in [1.54, 1.807) is 0 Å². The Hall–Kier alpha value is -1.73. The van der Waals surface area contributed by atoms with Gasteiger partial charge in [-0.1, -0.05) is 0 Å². The van der Waals surface area contributed by atoms with Gasteiger partial charge in [-0.2, -0.15) is 0 Å². The van der Waals surface area contributed by atoms with Crippen molar-refractivity contribution in [3.63, 3.8) is 0 Å². The third-order valence-electron chi connectivity index (χ3n) is 1.84. The first-order chi connectivity index (χ1) is 8.15. The van der Waals surface area contributed by atoms with Crippen LogP contribution in [0.25, 0.3) is 0 Å². The maximum atomic E-state index is 12.8. The Balaban J connectivity index is 2.55. The molecule has 0 aliphatic heterocycles. The molecule has 1 aromatic carbocycles. The molecular weight excluding hydrogens is 233 g/mol. The van der Waals surface area contributed by atoms with Crippen molar-refractivity contribution in [2.24, 2.45) is 0 Å². The fourth-order valence-corrected chi connectivity index (χ4v) is 1.13. The van der Waals surface area contributed by atoms with Crippen LogP contribution < -0.4 is 4.74 Å². The minimum absolute atomic E-state index is 0.0102. The van der Waals surface area contributed by atoms with Gasteiger partial charge < -0.3 is 14.6 Å². The molecule has 1 rings (SSSR count). The molecule has 0 spiro atoms. The van der Waals surface area contributed by atoms with Gasteiger partial charge in [-0.15, -0.1) is 0 Å². The molecule has 0 aromatic heterocycles. The first-order valence-electron chi connectivity index (χ1n) is 4.90. The van der Waals surface area contributed by atoms with Crippen molar-refractivity contribution in [2.75, 3.05) is 26.4 Å². The molecule has 0 radical (unpaired) electrons. The first-order valence-corrected chi connectivity index (χ1v) is 4.90. The zero-order valence-electron chi connectivity index (χ0n) is 8.97. The lowest BCUT2D eigenvalue weighted by Crippen LogP contribution is -2.10. The van der Waals surface area contributed by atoms with E-state index in [9.17, 15) is 14.5 Å². The average Bonchev–Trinajstić information content (AvgIpc) is 2.30. The number of nitrogens with zero attached hydrogens (tertiary/aromatic N) is 1. The van der Waals surface area contributed by atoms with Gasteiger partial charge in [0.25, 0.3) is 0 Å². The first kappa shape index (κ1) is 13.3. The Bertz CT molecular complexity index is 385. The minimum Gasteiger partial charge on any atom is -0.484 e. The highest BCUT2D eigenvalue weighted by Crippen LogP contribution is 2.27. The van der Waals surface area contributed by atoms with Crippen LogP contribution in [-0.4, -0.2) is 36.5 Å². The summed E-state index contributed by atoms with van der Waals surface area (Å²) in [5.41, 5.74) is -0.424. The van der Waals surface area contributed by atoms with Crippen LogP contribution in [0.4, 0.5) is 10.1 Å². The van der Waals surface area contributed by atoms with E-state index in [1.807, 2.05) is 0 Å². The molecular formula is C10H12FNO5. The van der Waals surface area contributed by atoms with Gasteiger partial charge in [-0.3, -0.25) is 10.1 Å². The summed E-state index contributed by atoms with van der Waals surface area (Å²) in [6.45, 7) is 0.354. The predicted molar refractivity (Wildman–Crippen MR) is 56.5 cm³/mol. The van der Waals surface area contributed by atoms with E-state index in [4.69, 9.17) is 14.6 Å². The summed E-state index contributed by atoms with van der Waals surface area (Å²) in [5, 5.41) is 19.0. The third-order valence-corrected chi connectivity index (χ3v) is 1.84. The molecule has 94 valence electrons. The number of rotatable bonds is 7. The number of ether oxygens (including phenoxy) is 2. The summed E-state index contributed by atoms with van der Waals surface area (Å²) >= 11 is 0. The zero-order chi connectivity index (χ0) is 12.7. The van der Waals surface area contributed by atoms with Crippen LogP contribution in [0.1, 0.15) is 0 Å². The molecule has 1 N–H and O–H groups in total. The topological polar surface area (TPSA) is 81.8 Å². The highest BCUT2D eigenvalue weighted by atomic mass is 19.1. The highest BCUT2D eigenvalue weighted by Gasteiger charge is 2.15. The number of hydrogen-bond donors (Lipinski definition) is 1. The molecule has 6 nitrogen and oxygen atoms in total. The van der Waals surface area contributed by atoms with Gasteiger partial charge in [0.2, 0.25) is 0 Å². The fourth-order valence-electron chi connectivity index (χ4n) is 1.13. The standard InChI is InChI=1S/C10H12FNO5/c11-8-1-2-10(9(7-8)12(14)15)17-6-5-16-4-3-13/h1-2,7,13H,3-6H2. The Labute approximate surface area is 96.7 Å². The molecule has 0 heterocycles. The summed E-state index contributed by atoms with van der Waals surface area (Å²) in [5.74, 6) is -0.704. The van der Waals surface area contributed by atoms with Gasteiger partial charge in [0.1, 0.15) is 12.4 Å². The second-order valence-electron chi connectivity index (χ2n) is 3.05. The lowest BCUT2D eigenvalue weighted by atomic mass is 10.3. The van der Waals surface area contributed by atoms with Crippen LogP contribution in [0, 0.1) is 15.9 Å². The molecule has 7 heteroatoms. The fraction of sp³-hybridized carbons (Fsp3) is 0.400. The number of nitro benzene ring substituents is 1. The van der Waals surface area contributed by atoms with E-state index in [1.165, 1.54) is 6.07 Å². The molecule has 0 aliphatic rings. The monoisotopic (exact) mass is 245 g/mol. The average molecular weight is 245 g/mol. The largest absolute Gasteiger partial charge is 0.484 e. The van der Waals surface area contributed by atoms with Gasteiger partial charge in [-0.25, -0.2) is 4.39 Å². The van der Waals surface area contributed by atoms with Gasteiger partial charge in [-0.05, 0) is 12.1 Å².